The Labute approximate surface area is 185 Å². The largest absolute Gasteiger partial charge is 0.481 e. The number of carboxylic acids is 1. The molecule has 2 rings (SSSR count). The van der Waals surface area contributed by atoms with E-state index in [9.17, 15) is 9.59 Å². The Morgan fingerprint density at radius 3 is 1.80 bits per heavy atom. The number of carboxylic acid groups (broad SMARTS) is 1. The molecule has 2 aliphatic carbocycles. The lowest BCUT2D eigenvalue weighted by Crippen LogP contribution is -2.23. The highest BCUT2D eigenvalue weighted by Crippen LogP contribution is 2.37. The van der Waals surface area contributed by atoms with Crippen molar-refractivity contribution in [3.05, 3.63) is 0 Å². The monoisotopic (exact) mass is 424 g/mol. The number of aliphatic carboxylic acids is 1. The van der Waals surface area contributed by atoms with Gasteiger partial charge in [-0.2, -0.15) is 0 Å². The molecule has 0 spiro atoms. The van der Waals surface area contributed by atoms with E-state index in [2.05, 4.69) is 13.8 Å². The zero-order chi connectivity index (χ0) is 22.2. The average molecular weight is 425 g/mol. The summed E-state index contributed by atoms with van der Waals surface area (Å²) in [6, 6.07) is 0. The Kier molecular flexibility index (Phi) is 14.9. The van der Waals surface area contributed by atoms with Crippen molar-refractivity contribution in [1.29, 1.82) is 0 Å². The fourth-order valence-corrected chi connectivity index (χ4v) is 5.03. The minimum atomic E-state index is -0.947. The molecule has 0 aromatic heterocycles. The zero-order valence-corrected chi connectivity index (χ0v) is 20.0. The van der Waals surface area contributed by atoms with Crippen LogP contribution in [0.3, 0.4) is 0 Å². The Balaban J connectivity index is 0.000000321. The van der Waals surface area contributed by atoms with Gasteiger partial charge in [-0.05, 0) is 30.6 Å². The molecule has 2 fully saturated rings. The number of rotatable bonds is 11. The Bertz CT molecular complexity index is 434. The van der Waals surface area contributed by atoms with Crippen molar-refractivity contribution < 1.29 is 19.4 Å². The van der Waals surface area contributed by atoms with Gasteiger partial charge in [-0.3, -0.25) is 9.59 Å². The molecule has 0 amide bonds. The molecule has 0 aromatic carbocycles. The summed E-state index contributed by atoms with van der Waals surface area (Å²) in [4.78, 5) is 22.3. The van der Waals surface area contributed by atoms with Crippen molar-refractivity contribution in [2.75, 3.05) is 6.61 Å². The highest BCUT2D eigenvalue weighted by molar-refractivity contribution is 5.78. The number of carbonyl (C=O) groups is 2. The molecule has 2 saturated carbocycles. The second kappa shape index (κ2) is 16.6. The molecule has 4 heteroatoms. The van der Waals surface area contributed by atoms with Crippen LogP contribution in [0.25, 0.3) is 0 Å². The quantitative estimate of drug-likeness (QED) is 0.351. The van der Waals surface area contributed by atoms with Crippen LogP contribution in [0.1, 0.15) is 124 Å². The first-order chi connectivity index (χ1) is 14.5. The smallest absolute Gasteiger partial charge is 0.309 e. The maximum absolute atomic E-state index is 11.7. The molecule has 30 heavy (non-hydrogen) atoms. The Morgan fingerprint density at radius 1 is 0.867 bits per heavy atom. The highest BCUT2D eigenvalue weighted by Gasteiger charge is 2.24. The topological polar surface area (TPSA) is 63.6 Å². The van der Waals surface area contributed by atoms with E-state index < -0.39 is 11.9 Å². The molecule has 0 bridgehead atoms. The van der Waals surface area contributed by atoms with Crippen LogP contribution in [0.15, 0.2) is 0 Å². The van der Waals surface area contributed by atoms with Gasteiger partial charge in [0.2, 0.25) is 0 Å². The summed E-state index contributed by atoms with van der Waals surface area (Å²) in [7, 11) is 0. The zero-order valence-electron chi connectivity index (χ0n) is 20.0. The molecule has 0 heterocycles. The summed E-state index contributed by atoms with van der Waals surface area (Å²) in [5.74, 6) is 0.854. The minimum Gasteiger partial charge on any atom is -0.481 e. The summed E-state index contributed by atoms with van der Waals surface area (Å²) in [5, 5.41) is 8.70. The van der Waals surface area contributed by atoms with Gasteiger partial charge in [-0.25, -0.2) is 0 Å². The van der Waals surface area contributed by atoms with Gasteiger partial charge in [0.1, 0.15) is 0 Å². The first-order valence-corrected chi connectivity index (χ1v) is 12.9. The van der Waals surface area contributed by atoms with Crippen LogP contribution in [0.4, 0.5) is 0 Å². The third-order valence-corrected chi connectivity index (χ3v) is 7.22. The standard InChI is InChI=1S/C14H26O4.C12H22/c1-4-7-8-11(5-2)10-18-14(17)12(6-3)9-13(15)16;1-3-7-11(8-4-1)12-9-5-2-6-10-12/h11-12H,4-10H2,1-3H3,(H,15,16);11-12H,1-10H2. The van der Waals surface area contributed by atoms with Crippen LogP contribution >= 0.6 is 0 Å². The molecular formula is C26H48O4. The van der Waals surface area contributed by atoms with E-state index >= 15 is 0 Å². The Morgan fingerprint density at radius 2 is 1.40 bits per heavy atom. The van der Waals surface area contributed by atoms with Gasteiger partial charge in [0.05, 0.1) is 18.9 Å². The number of hydrogen-bond acceptors (Lipinski definition) is 3. The molecule has 2 unspecified atom stereocenters. The number of hydrogen-bond donors (Lipinski definition) is 1. The van der Waals surface area contributed by atoms with Crippen LogP contribution in [0.5, 0.6) is 0 Å². The molecule has 0 saturated heterocycles. The van der Waals surface area contributed by atoms with Gasteiger partial charge in [0, 0.05) is 0 Å². The van der Waals surface area contributed by atoms with Gasteiger partial charge in [0.15, 0.2) is 0 Å². The maximum atomic E-state index is 11.7. The summed E-state index contributed by atoms with van der Waals surface area (Å²) >= 11 is 0. The van der Waals surface area contributed by atoms with Crippen molar-refractivity contribution in [2.24, 2.45) is 23.7 Å². The Hall–Kier alpha value is -1.06. The lowest BCUT2D eigenvalue weighted by atomic mass is 9.73. The molecule has 2 aliphatic rings. The van der Waals surface area contributed by atoms with Gasteiger partial charge in [0.25, 0.3) is 0 Å². The van der Waals surface area contributed by atoms with Crippen LogP contribution in [0, 0.1) is 23.7 Å². The predicted octanol–water partition coefficient (Wildman–Crippen LogP) is 7.39. The van der Waals surface area contributed by atoms with Crippen LogP contribution in [-0.4, -0.2) is 23.7 Å². The van der Waals surface area contributed by atoms with Crippen molar-refractivity contribution >= 4 is 11.9 Å². The number of ether oxygens (including phenoxy) is 1. The molecule has 176 valence electrons. The van der Waals surface area contributed by atoms with E-state index in [4.69, 9.17) is 9.84 Å². The van der Waals surface area contributed by atoms with E-state index in [0.29, 0.717) is 18.9 Å². The summed E-state index contributed by atoms with van der Waals surface area (Å²) in [6.07, 6.45) is 20.1. The molecule has 2 atom stereocenters. The van der Waals surface area contributed by atoms with Crippen LogP contribution < -0.4 is 0 Å². The van der Waals surface area contributed by atoms with E-state index in [0.717, 1.165) is 37.5 Å². The lowest BCUT2D eigenvalue weighted by Gasteiger charge is -2.32. The average Bonchev–Trinajstić information content (AvgIpc) is 2.79. The number of carbonyl (C=O) groups excluding carboxylic acids is 1. The molecule has 4 nitrogen and oxygen atoms in total. The second-order valence-electron chi connectivity index (χ2n) is 9.55. The molecule has 0 aromatic rings. The van der Waals surface area contributed by atoms with Crippen molar-refractivity contribution in [3.8, 4) is 0 Å². The first kappa shape index (κ1) is 27.0. The van der Waals surface area contributed by atoms with Gasteiger partial charge in [-0.1, -0.05) is 104 Å². The van der Waals surface area contributed by atoms with Gasteiger partial charge in [-0.15, -0.1) is 0 Å². The lowest BCUT2D eigenvalue weighted by molar-refractivity contribution is -0.154. The van der Waals surface area contributed by atoms with Crippen LogP contribution in [0.2, 0.25) is 0 Å². The van der Waals surface area contributed by atoms with Gasteiger partial charge >= 0.3 is 11.9 Å². The van der Waals surface area contributed by atoms with Crippen LogP contribution in [-0.2, 0) is 14.3 Å². The summed E-state index contributed by atoms with van der Waals surface area (Å²) in [5.41, 5.74) is 0. The number of esters is 1. The molecular weight excluding hydrogens is 376 g/mol. The van der Waals surface area contributed by atoms with Crippen molar-refractivity contribution in [1.82, 2.24) is 0 Å². The normalized spacial score (nSPS) is 20.0. The first-order valence-electron chi connectivity index (χ1n) is 12.9. The molecule has 0 radical (unpaired) electrons. The third-order valence-electron chi connectivity index (χ3n) is 7.22. The van der Waals surface area contributed by atoms with E-state index in [1.165, 1.54) is 38.5 Å². The SMILES string of the molecule is C1CCC(C2CCCCC2)CC1.CCCCC(CC)COC(=O)C(CC)CC(=O)O. The van der Waals surface area contributed by atoms with E-state index in [1.807, 2.05) is 6.92 Å². The highest BCUT2D eigenvalue weighted by atomic mass is 16.5. The van der Waals surface area contributed by atoms with E-state index in [-0.39, 0.29) is 12.4 Å². The van der Waals surface area contributed by atoms with E-state index in [1.54, 1.807) is 25.7 Å². The number of unbranched alkanes of at least 4 members (excludes halogenated alkanes) is 1. The second-order valence-corrected chi connectivity index (χ2v) is 9.55. The third kappa shape index (κ3) is 11.4. The fraction of sp³-hybridized carbons (Fsp3) is 0.923. The van der Waals surface area contributed by atoms with Crippen molar-refractivity contribution in [3.63, 3.8) is 0 Å². The summed E-state index contributed by atoms with van der Waals surface area (Å²) < 4.78 is 5.24. The molecule has 0 aliphatic heterocycles. The fourth-order valence-electron chi connectivity index (χ4n) is 5.03. The van der Waals surface area contributed by atoms with Crippen molar-refractivity contribution in [2.45, 2.75) is 124 Å². The predicted molar refractivity (Wildman–Crippen MR) is 123 cm³/mol. The minimum absolute atomic E-state index is 0.138. The maximum Gasteiger partial charge on any atom is 0.309 e. The molecule has 1 N–H and O–H groups in total. The van der Waals surface area contributed by atoms with Gasteiger partial charge < -0.3 is 9.84 Å². The summed E-state index contributed by atoms with van der Waals surface area (Å²) in [6.45, 7) is 6.45.